The lowest BCUT2D eigenvalue weighted by atomic mass is 10.1. The van der Waals surface area contributed by atoms with Crippen LogP contribution in [0.25, 0.3) is 0 Å². The molecule has 15 heavy (non-hydrogen) atoms. The summed E-state index contributed by atoms with van der Waals surface area (Å²) in [6, 6.07) is 5.53. The highest BCUT2D eigenvalue weighted by Gasteiger charge is 2.06. The van der Waals surface area contributed by atoms with Gasteiger partial charge in [-0.15, -0.1) is 0 Å². The van der Waals surface area contributed by atoms with Gasteiger partial charge < -0.3 is 11.1 Å². The Hall–Kier alpha value is -0.930. The van der Waals surface area contributed by atoms with Crippen molar-refractivity contribution in [2.24, 2.45) is 5.73 Å². The number of hydrogen-bond acceptors (Lipinski definition) is 2. The number of nitrogens with one attached hydrogen (secondary N) is 1. The van der Waals surface area contributed by atoms with E-state index in [4.69, 9.17) is 5.73 Å². The van der Waals surface area contributed by atoms with Crippen molar-refractivity contribution in [2.75, 3.05) is 13.1 Å². The van der Waals surface area contributed by atoms with Gasteiger partial charge >= 0.3 is 0 Å². The molecule has 0 amide bonds. The molecule has 3 N–H and O–H groups in total. The summed E-state index contributed by atoms with van der Waals surface area (Å²) in [6.45, 7) is 5.35. The minimum absolute atomic E-state index is 0.139. The normalized spacial score (nSPS) is 12.8. The monoisotopic (exact) mass is 210 g/mol. The summed E-state index contributed by atoms with van der Waals surface area (Å²) in [6.07, 6.45) is 0.943. The first-order chi connectivity index (χ1) is 7.15. The van der Waals surface area contributed by atoms with Crippen molar-refractivity contribution in [1.82, 2.24) is 5.32 Å². The molecule has 0 aliphatic rings. The maximum absolute atomic E-state index is 13.3. The molecular weight excluding hydrogens is 191 g/mol. The van der Waals surface area contributed by atoms with E-state index in [2.05, 4.69) is 5.32 Å². The number of aryl methyl sites for hydroxylation is 1. The van der Waals surface area contributed by atoms with Crippen molar-refractivity contribution in [2.45, 2.75) is 26.3 Å². The molecule has 84 valence electrons. The van der Waals surface area contributed by atoms with Gasteiger partial charge in [-0.05, 0) is 50.6 Å². The maximum Gasteiger partial charge on any atom is 0.126 e. The van der Waals surface area contributed by atoms with E-state index in [0.29, 0.717) is 12.1 Å². The van der Waals surface area contributed by atoms with Gasteiger partial charge in [0.25, 0.3) is 0 Å². The van der Waals surface area contributed by atoms with Gasteiger partial charge in [0.05, 0.1) is 0 Å². The van der Waals surface area contributed by atoms with E-state index in [1.807, 2.05) is 19.1 Å². The lowest BCUT2D eigenvalue weighted by molar-refractivity contribution is 0.553. The highest BCUT2D eigenvalue weighted by atomic mass is 19.1. The molecule has 1 unspecified atom stereocenters. The van der Waals surface area contributed by atoms with Crippen LogP contribution in [0.1, 0.15) is 30.5 Å². The van der Waals surface area contributed by atoms with Crippen LogP contribution in [-0.4, -0.2) is 13.1 Å². The molecule has 1 aromatic carbocycles. The molecule has 0 bridgehead atoms. The van der Waals surface area contributed by atoms with Crippen LogP contribution < -0.4 is 11.1 Å². The molecule has 0 saturated carbocycles. The maximum atomic E-state index is 13.3. The first-order valence-corrected chi connectivity index (χ1v) is 5.34. The van der Waals surface area contributed by atoms with Gasteiger partial charge in [0, 0.05) is 6.04 Å². The summed E-state index contributed by atoms with van der Waals surface area (Å²) in [4.78, 5) is 0. The van der Waals surface area contributed by atoms with Gasteiger partial charge in [-0.1, -0.05) is 12.1 Å². The molecule has 0 heterocycles. The largest absolute Gasteiger partial charge is 0.330 e. The number of halogens is 1. The van der Waals surface area contributed by atoms with E-state index in [1.165, 1.54) is 0 Å². The number of nitrogens with two attached hydrogens (primary N) is 1. The van der Waals surface area contributed by atoms with E-state index in [1.54, 1.807) is 13.0 Å². The third-order valence-corrected chi connectivity index (χ3v) is 2.53. The van der Waals surface area contributed by atoms with E-state index < -0.39 is 0 Å². The summed E-state index contributed by atoms with van der Waals surface area (Å²) >= 11 is 0. The van der Waals surface area contributed by atoms with Crippen LogP contribution in [0.4, 0.5) is 4.39 Å². The third-order valence-electron chi connectivity index (χ3n) is 2.53. The van der Waals surface area contributed by atoms with Crippen molar-refractivity contribution < 1.29 is 4.39 Å². The van der Waals surface area contributed by atoms with Gasteiger partial charge in [0.2, 0.25) is 0 Å². The quantitative estimate of drug-likeness (QED) is 0.731. The van der Waals surface area contributed by atoms with Crippen LogP contribution in [0.2, 0.25) is 0 Å². The Labute approximate surface area is 90.7 Å². The summed E-state index contributed by atoms with van der Waals surface area (Å²) in [5.74, 6) is -0.139. The molecule has 0 aliphatic carbocycles. The van der Waals surface area contributed by atoms with Crippen LogP contribution in [0, 0.1) is 12.7 Å². The molecule has 1 rings (SSSR count). The van der Waals surface area contributed by atoms with E-state index in [0.717, 1.165) is 18.5 Å². The predicted molar refractivity (Wildman–Crippen MR) is 61.2 cm³/mol. The molecular formula is C12H19FN2. The van der Waals surface area contributed by atoms with Gasteiger partial charge in [-0.2, -0.15) is 0 Å². The van der Waals surface area contributed by atoms with Crippen molar-refractivity contribution in [3.05, 3.63) is 35.1 Å². The van der Waals surface area contributed by atoms with Gasteiger partial charge in [-0.3, -0.25) is 0 Å². The minimum Gasteiger partial charge on any atom is -0.330 e. The number of benzene rings is 1. The molecule has 0 aliphatic heterocycles. The highest BCUT2D eigenvalue weighted by Crippen LogP contribution is 2.15. The SMILES string of the molecule is Cc1ccc(C(C)NCCCN)cc1F. The molecule has 1 atom stereocenters. The summed E-state index contributed by atoms with van der Waals surface area (Å²) < 4.78 is 13.3. The van der Waals surface area contributed by atoms with E-state index in [-0.39, 0.29) is 11.9 Å². The average Bonchev–Trinajstić information content (AvgIpc) is 2.22. The van der Waals surface area contributed by atoms with Gasteiger partial charge in [0.1, 0.15) is 5.82 Å². The fourth-order valence-corrected chi connectivity index (χ4v) is 1.42. The standard InChI is InChI=1S/C12H19FN2/c1-9-4-5-11(8-12(9)13)10(2)15-7-3-6-14/h4-5,8,10,15H,3,6-7,14H2,1-2H3. The fraction of sp³-hybridized carbons (Fsp3) is 0.500. The van der Waals surface area contributed by atoms with Crippen LogP contribution in [0.5, 0.6) is 0 Å². The van der Waals surface area contributed by atoms with Crippen LogP contribution in [0.15, 0.2) is 18.2 Å². The smallest absolute Gasteiger partial charge is 0.126 e. The van der Waals surface area contributed by atoms with Gasteiger partial charge in [0.15, 0.2) is 0 Å². The second-order valence-electron chi connectivity index (χ2n) is 3.83. The van der Waals surface area contributed by atoms with Crippen LogP contribution >= 0.6 is 0 Å². The second-order valence-corrected chi connectivity index (χ2v) is 3.83. The Bertz CT molecular complexity index is 312. The Morgan fingerprint density at radius 1 is 1.47 bits per heavy atom. The Morgan fingerprint density at radius 3 is 2.80 bits per heavy atom. The molecule has 0 aromatic heterocycles. The third kappa shape index (κ3) is 3.61. The summed E-state index contributed by atoms with van der Waals surface area (Å²) in [7, 11) is 0. The predicted octanol–water partition coefficient (Wildman–Crippen LogP) is 2.13. The molecule has 0 fully saturated rings. The zero-order valence-electron chi connectivity index (χ0n) is 9.39. The molecule has 0 saturated heterocycles. The lowest BCUT2D eigenvalue weighted by Gasteiger charge is -2.14. The molecule has 0 spiro atoms. The molecule has 1 aromatic rings. The number of hydrogen-bond donors (Lipinski definition) is 2. The first kappa shape index (κ1) is 12.1. The average molecular weight is 210 g/mol. The zero-order chi connectivity index (χ0) is 11.3. The molecule has 2 nitrogen and oxygen atoms in total. The van der Waals surface area contributed by atoms with Crippen molar-refractivity contribution >= 4 is 0 Å². The Morgan fingerprint density at radius 2 is 2.20 bits per heavy atom. The lowest BCUT2D eigenvalue weighted by Crippen LogP contribution is -2.22. The van der Waals surface area contributed by atoms with Gasteiger partial charge in [-0.25, -0.2) is 4.39 Å². The van der Waals surface area contributed by atoms with E-state index in [9.17, 15) is 4.39 Å². The second kappa shape index (κ2) is 5.83. The number of rotatable bonds is 5. The first-order valence-electron chi connectivity index (χ1n) is 5.34. The van der Waals surface area contributed by atoms with Crippen molar-refractivity contribution in [3.63, 3.8) is 0 Å². The summed E-state index contributed by atoms with van der Waals surface area (Å²) in [5.41, 5.74) is 7.07. The Balaban J connectivity index is 2.57. The van der Waals surface area contributed by atoms with Crippen LogP contribution in [0.3, 0.4) is 0 Å². The Kier molecular flexibility index (Phi) is 4.72. The van der Waals surface area contributed by atoms with Crippen LogP contribution in [-0.2, 0) is 0 Å². The van der Waals surface area contributed by atoms with E-state index >= 15 is 0 Å². The fourth-order valence-electron chi connectivity index (χ4n) is 1.42. The summed E-state index contributed by atoms with van der Waals surface area (Å²) in [5, 5.41) is 3.30. The van der Waals surface area contributed by atoms with Crippen molar-refractivity contribution in [1.29, 1.82) is 0 Å². The molecule has 0 radical (unpaired) electrons. The highest BCUT2D eigenvalue weighted by molar-refractivity contribution is 5.25. The minimum atomic E-state index is -0.139. The zero-order valence-corrected chi connectivity index (χ0v) is 9.39. The topological polar surface area (TPSA) is 38.0 Å². The molecule has 3 heteroatoms. The van der Waals surface area contributed by atoms with Crippen molar-refractivity contribution in [3.8, 4) is 0 Å².